The quantitative estimate of drug-likeness (QED) is 0.828. The maximum absolute atomic E-state index is 12.3. The van der Waals surface area contributed by atoms with Crippen molar-refractivity contribution in [1.82, 2.24) is 15.0 Å². The minimum absolute atomic E-state index is 0.153. The maximum atomic E-state index is 12.3. The van der Waals surface area contributed by atoms with Crippen molar-refractivity contribution in [2.45, 2.75) is 38.3 Å². The molecule has 0 bridgehead atoms. The molecule has 1 amide bonds. The fourth-order valence-electron chi connectivity index (χ4n) is 1.89. The molecule has 1 heterocycles. The number of rotatable bonds is 6. The van der Waals surface area contributed by atoms with Gasteiger partial charge in [0.2, 0.25) is 15.9 Å². The standard InChI is InChI=1S/C15H19N3O3S2/c1-10-4-5-14(6-11(10)2)23(20,21)18-12(3)15(19)16-7-13-8-22-9-17-13/h4-6,8-9,12,18H,7H2,1-3H3,(H,16,19)/t12-/m0/s1. The molecule has 124 valence electrons. The van der Waals surface area contributed by atoms with Gasteiger partial charge >= 0.3 is 0 Å². The molecule has 0 saturated carbocycles. The van der Waals surface area contributed by atoms with E-state index in [-0.39, 0.29) is 11.4 Å². The van der Waals surface area contributed by atoms with E-state index in [0.29, 0.717) is 0 Å². The summed E-state index contributed by atoms with van der Waals surface area (Å²) in [4.78, 5) is 16.2. The van der Waals surface area contributed by atoms with Gasteiger partial charge in [-0.3, -0.25) is 4.79 Å². The van der Waals surface area contributed by atoms with Crippen LogP contribution in [0.5, 0.6) is 0 Å². The molecule has 1 aromatic heterocycles. The van der Waals surface area contributed by atoms with E-state index in [1.165, 1.54) is 24.3 Å². The smallest absolute Gasteiger partial charge is 0.241 e. The van der Waals surface area contributed by atoms with Gasteiger partial charge in [-0.15, -0.1) is 11.3 Å². The normalized spacial score (nSPS) is 12.8. The van der Waals surface area contributed by atoms with Crippen LogP contribution in [0.4, 0.5) is 0 Å². The van der Waals surface area contributed by atoms with Crippen LogP contribution >= 0.6 is 11.3 Å². The van der Waals surface area contributed by atoms with Gasteiger partial charge in [0.25, 0.3) is 0 Å². The number of hydrogen-bond acceptors (Lipinski definition) is 5. The zero-order chi connectivity index (χ0) is 17.0. The SMILES string of the molecule is Cc1ccc(S(=O)(=O)N[C@@H](C)C(=O)NCc2cscn2)cc1C. The number of hydrogen-bond donors (Lipinski definition) is 2. The van der Waals surface area contributed by atoms with E-state index in [9.17, 15) is 13.2 Å². The third-order valence-corrected chi connectivity index (χ3v) is 5.61. The molecule has 6 nitrogen and oxygen atoms in total. The van der Waals surface area contributed by atoms with Gasteiger partial charge in [-0.1, -0.05) is 6.07 Å². The van der Waals surface area contributed by atoms with Gasteiger partial charge in [0.15, 0.2) is 0 Å². The number of carbonyl (C=O) groups is 1. The number of nitrogens with one attached hydrogen (secondary N) is 2. The molecule has 1 aromatic carbocycles. The fraction of sp³-hybridized carbons (Fsp3) is 0.333. The third kappa shape index (κ3) is 4.60. The van der Waals surface area contributed by atoms with Crippen LogP contribution in [0, 0.1) is 13.8 Å². The lowest BCUT2D eigenvalue weighted by molar-refractivity contribution is -0.122. The number of thiazole rings is 1. The van der Waals surface area contributed by atoms with E-state index >= 15 is 0 Å². The highest BCUT2D eigenvalue weighted by atomic mass is 32.2. The number of aromatic nitrogens is 1. The molecule has 1 atom stereocenters. The fourth-order valence-corrected chi connectivity index (χ4v) is 3.74. The van der Waals surface area contributed by atoms with Crippen LogP contribution in [0.3, 0.4) is 0 Å². The highest BCUT2D eigenvalue weighted by molar-refractivity contribution is 7.89. The van der Waals surface area contributed by atoms with Gasteiger partial charge in [0.05, 0.1) is 28.7 Å². The second-order valence-corrected chi connectivity index (χ2v) is 7.72. The molecule has 8 heteroatoms. The van der Waals surface area contributed by atoms with Crippen LogP contribution < -0.4 is 10.0 Å². The van der Waals surface area contributed by atoms with Crippen molar-refractivity contribution in [1.29, 1.82) is 0 Å². The van der Waals surface area contributed by atoms with E-state index in [2.05, 4.69) is 15.0 Å². The lowest BCUT2D eigenvalue weighted by Gasteiger charge is -2.14. The van der Waals surface area contributed by atoms with Crippen LogP contribution in [0.1, 0.15) is 23.7 Å². The zero-order valence-electron chi connectivity index (χ0n) is 13.2. The van der Waals surface area contributed by atoms with E-state index in [4.69, 9.17) is 0 Å². The predicted octanol–water partition coefficient (Wildman–Crippen LogP) is 1.74. The van der Waals surface area contributed by atoms with Gasteiger partial charge in [-0.05, 0) is 44.0 Å². The van der Waals surface area contributed by atoms with Crippen LogP contribution in [0.15, 0.2) is 34.0 Å². The van der Waals surface area contributed by atoms with Crippen LogP contribution in [0.2, 0.25) is 0 Å². The van der Waals surface area contributed by atoms with Crippen molar-refractivity contribution < 1.29 is 13.2 Å². The summed E-state index contributed by atoms with van der Waals surface area (Å²) in [6.07, 6.45) is 0. The molecule has 0 unspecified atom stereocenters. The molecule has 2 rings (SSSR count). The molecular formula is C15H19N3O3S2. The summed E-state index contributed by atoms with van der Waals surface area (Å²) in [5.74, 6) is -0.398. The van der Waals surface area contributed by atoms with Gasteiger partial charge in [0, 0.05) is 5.38 Å². The Hall–Kier alpha value is -1.77. The summed E-state index contributed by atoms with van der Waals surface area (Å²) in [5.41, 5.74) is 4.31. The molecule has 23 heavy (non-hydrogen) atoms. The van der Waals surface area contributed by atoms with Crippen molar-refractivity contribution in [3.8, 4) is 0 Å². The van der Waals surface area contributed by atoms with Crippen molar-refractivity contribution in [3.05, 3.63) is 45.9 Å². The van der Waals surface area contributed by atoms with Gasteiger partial charge < -0.3 is 5.32 Å². The topological polar surface area (TPSA) is 88.2 Å². The molecule has 0 aliphatic heterocycles. The summed E-state index contributed by atoms with van der Waals surface area (Å²) in [7, 11) is -3.74. The molecule has 2 aromatic rings. The van der Waals surface area contributed by atoms with Crippen molar-refractivity contribution in [3.63, 3.8) is 0 Å². The Balaban J connectivity index is 2.01. The monoisotopic (exact) mass is 353 g/mol. The molecule has 0 aliphatic rings. The number of aryl methyl sites for hydroxylation is 2. The average Bonchev–Trinajstić information content (AvgIpc) is 3.00. The Morgan fingerprint density at radius 3 is 2.65 bits per heavy atom. The van der Waals surface area contributed by atoms with Crippen LogP contribution in [0.25, 0.3) is 0 Å². The Morgan fingerprint density at radius 1 is 1.30 bits per heavy atom. The lowest BCUT2D eigenvalue weighted by Crippen LogP contribution is -2.44. The Kier molecular flexibility index (Phi) is 5.51. The molecule has 0 fully saturated rings. The average molecular weight is 353 g/mol. The van der Waals surface area contributed by atoms with Crippen molar-refractivity contribution in [2.24, 2.45) is 0 Å². The molecule has 0 spiro atoms. The van der Waals surface area contributed by atoms with Crippen LogP contribution in [-0.2, 0) is 21.4 Å². The molecular weight excluding hydrogens is 334 g/mol. The van der Waals surface area contributed by atoms with Gasteiger partial charge in [0.1, 0.15) is 0 Å². The number of benzene rings is 1. The lowest BCUT2D eigenvalue weighted by atomic mass is 10.1. The zero-order valence-corrected chi connectivity index (χ0v) is 14.8. The number of carbonyl (C=O) groups excluding carboxylic acids is 1. The summed E-state index contributed by atoms with van der Waals surface area (Å²) >= 11 is 1.44. The van der Waals surface area contributed by atoms with E-state index in [1.54, 1.807) is 17.6 Å². The number of amides is 1. The first-order valence-corrected chi connectivity index (χ1v) is 9.46. The minimum Gasteiger partial charge on any atom is -0.349 e. The molecule has 0 saturated heterocycles. The number of sulfonamides is 1. The maximum Gasteiger partial charge on any atom is 0.241 e. The summed E-state index contributed by atoms with van der Waals surface area (Å²) in [6.45, 7) is 5.54. The largest absolute Gasteiger partial charge is 0.349 e. The molecule has 0 radical (unpaired) electrons. The first kappa shape index (κ1) is 17.6. The van der Waals surface area contributed by atoms with E-state index in [1.807, 2.05) is 19.2 Å². The first-order valence-electron chi connectivity index (χ1n) is 7.04. The van der Waals surface area contributed by atoms with E-state index in [0.717, 1.165) is 16.8 Å². The second-order valence-electron chi connectivity index (χ2n) is 5.29. The van der Waals surface area contributed by atoms with Crippen molar-refractivity contribution in [2.75, 3.05) is 0 Å². The second kappa shape index (κ2) is 7.20. The minimum atomic E-state index is -3.74. The van der Waals surface area contributed by atoms with Crippen molar-refractivity contribution >= 4 is 27.3 Å². The number of nitrogens with zero attached hydrogens (tertiary/aromatic N) is 1. The van der Waals surface area contributed by atoms with Gasteiger partial charge in [-0.2, -0.15) is 4.72 Å². The van der Waals surface area contributed by atoms with E-state index < -0.39 is 22.0 Å². The Morgan fingerprint density at radius 2 is 2.04 bits per heavy atom. The molecule has 2 N–H and O–H groups in total. The third-order valence-electron chi connectivity index (χ3n) is 3.44. The summed E-state index contributed by atoms with van der Waals surface area (Å²) in [5, 5.41) is 4.48. The first-order chi connectivity index (χ1) is 10.8. The molecule has 0 aliphatic carbocycles. The highest BCUT2D eigenvalue weighted by Gasteiger charge is 2.22. The summed E-state index contributed by atoms with van der Waals surface area (Å²) < 4.78 is 27.1. The van der Waals surface area contributed by atoms with Crippen LogP contribution in [-0.4, -0.2) is 25.4 Å². The summed E-state index contributed by atoms with van der Waals surface area (Å²) in [6, 6.07) is 4.00. The predicted molar refractivity (Wildman–Crippen MR) is 89.7 cm³/mol. The van der Waals surface area contributed by atoms with Gasteiger partial charge in [-0.25, -0.2) is 13.4 Å². The highest BCUT2D eigenvalue weighted by Crippen LogP contribution is 2.15. The Labute approximate surface area is 140 Å². The Bertz CT molecular complexity index is 786.